The zero-order chi connectivity index (χ0) is 9.90. The average Bonchev–Trinajstić information content (AvgIpc) is 2.02. The topological polar surface area (TPSA) is 66.4 Å². The van der Waals surface area contributed by atoms with Gasteiger partial charge in [-0.1, -0.05) is 17.7 Å². The fourth-order valence-electron chi connectivity index (χ4n) is 0.775. The van der Waals surface area contributed by atoms with Gasteiger partial charge in [-0.15, -0.1) is 0 Å². The van der Waals surface area contributed by atoms with Crippen molar-refractivity contribution >= 4 is 10.1 Å². The van der Waals surface area contributed by atoms with Crippen molar-refractivity contribution in [3.63, 3.8) is 0 Å². The van der Waals surface area contributed by atoms with Gasteiger partial charge in [-0.2, -0.15) is 0 Å². The van der Waals surface area contributed by atoms with E-state index in [1.165, 1.54) is 0 Å². The van der Waals surface area contributed by atoms with E-state index in [1.54, 1.807) is 24.3 Å². The molecule has 0 aliphatic heterocycles. The third-order valence-electron chi connectivity index (χ3n) is 1.39. The van der Waals surface area contributed by atoms with E-state index in [2.05, 4.69) is 0 Å². The molecule has 0 fully saturated rings. The SMILES string of the molecule is Cc1ccc(OCS(=O)(=O)[O-])cc1.[Na+]. The van der Waals surface area contributed by atoms with Gasteiger partial charge in [-0.3, -0.25) is 0 Å². The van der Waals surface area contributed by atoms with E-state index in [-0.39, 0.29) is 29.6 Å². The molecule has 0 amide bonds. The molecule has 0 unspecified atom stereocenters. The molecule has 1 aromatic rings. The summed E-state index contributed by atoms with van der Waals surface area (Å²) in [6.07, 6.45) is 0. The van der Waals surface area contributed by atoms with Crippen molar-refractivity contribution in [3.8, 4) is 5.75 Å². The van der Waals surface area contributed by atoms with Crippen LogP contribution >= 0.6 is 0 Å². The molecule has 72 valence electrons. The van der Waals surface area contributed by atoms with Crippen molar-refractivity contribution in [2.75, 3.05) is 5.94 Å². The molecular weight excluding hydrogens is 215 g/mol. The molecule has 0 saturated carbocycles. The van der Waals surface area contributed by atoms with Gasteiger partial charge in [0.2, 0.25) is 0 Å². The van der Waals surface area contributed by atoms with Crippen LogP contribution < -0.4 is 34.3 Å². The molecule has 14 heavy (non-hydrogen) atoms. The number of hydrogen-bond acceptors (Lipinski definition) is 4. The maximum absolute atomic E-state index is 10.2. The molecule has 0 aliphatic rings. The predicted molar refractivity (Wildman–Crippen MR) is 46.4 cm³/mol. The first-order valence-corrected chi connectivity index (χ1v) is 5.18. The first kappa shape index (κ1) is 13.9. The van der Waals surface area contributed by atoms with E-state index >= 15 is 0 Å². The zero-order valence-electron chi connectivity index (χ0n) is 8.06. The van der Waals surface area contributed by atoms with Crippen molar-refractivity contribution in [1.29, 1.82) is 0 Å². The van der Waals surface area contributed by atoms with Gasteiger partial charge in [0.05, 0.1) is 0 Å². The molecule has 0 spiro atoms. The molecule has 1 aromatic carbocycles. The Hall–Kier alpha value is -0.0700. The summed E-state index contributed by atoms with van der Waals surface area (Å²) in [6.45, 7) is 1.90. The number of ether oxygens (including phenoxy) is 1. The predicted octanol–water partition coefficient (Wildman–Crippen LogP) is -2.12. The quantitative estimate of drug-likeness (QED) is 0.435. The van der Waals surface area contributed by atoms with Gasteiger partial charge in [0.25, 0.3) is 0 Å². The van der Waals surface area contributed by atoms with Crippen LogP contribution in [0.1, 0.15) is 5.56 Å². The second-order valence-electron chi connectivity index (χ2n) is 2.63. The van der Waals surface area contributed by atoms with Crippen LogP contribution in [-0.2, 0) is 10.1 Å². The Morgan fingerprint density at radius 1 is 1.29 bits per heavy atom. The van der Waals surface area contributed by atoms with Gasteiger partial charge in [0, 0.05) is 0 Å². The molecular formula is C8H9NaO4S. The summed E-state index contributed by atoms with van der Waals surface area (Å²) < 4.78 is 35.3. The number of benzene rings is 1. The average molecular weight is 224 g/mol. The van der Waals surface area contributed by atoms with Gasteiger partial charge in [0.1, 0.15) is 15.9 Å². The van der Waals surface area contributed by atoms with E-state index in [0.29, 0.717) is 5.75 Å². The summed E-state index contributed by atoms with van der Waals surface area (Å²) >= 11 is 0. The summed E-state index contributed by atoms with van der Waals surface area (Å²) in [6, 6.07) is 6.76. The van der Waals surface area contributed by atoms with Crippen LogP contribution in [0.5, 0.6) is 5.75 Å². The van der Waals surface area contributed by atoms with Crippen LogP contribution in [0.2, 0.25) is 0 Å². The molecule has 1 rings (SSSR count). The standard InChI is InChI=1S/C8H10O4S.Na/c1-7-2-4-8(5-3-7)12-6-13(9,10)11;/h2-5H,6H2,1H3,(H,9,10,11);/q;+1/p-1. The Bertz CT molecular complexity index is 371. The maximum atomic E-state index is 10.2. The first-order chi connectivity index (χ1) is 5.97. The maximum Gasteiger partial charge on any atom is 1.00 e. The van der Waals surface area contributed by atoms with Crippen LogP contribution in [0.25, 0.3) is 0 Å². The van der Waals surface area contributed by atoms with E-state index in [0.717, 1.165) is 5.56 Å². The zero-order valence-corrected chi connectivity index (χ0v) is 10.9. The fraction of sp³-hybridized carbons (Fsp3) is 0.250. The Morgan fingerprint density at radius 3 is 2.21 bits per heavy atom. The largest absolute Gasteiger partial charge is 1.00 e. The van der Waals surface area contributed by atoms with Crippen LogP contribution in [0.15, 0.2) is 24.3 Å². The minimum Gasteiger partial charge on any atom is -0.745 e. The van der Waals surface area contributed by atoms with E-state index in [4.69, 9.17) is 4.74 Å². The minimum absolute atomic E-state index is 0. The fourth-order valence-corrected chi connectivity index (χ4v) is 1.06. The van der Waals surface area contributed by atoms with Crippen molar-refractivity contribution < 1.29 is 47.3 Å². The van der Waals surface area contributed by atoms with Crippen molar-refractivity contribution in [3.05, 3.63) is 29.8 Å². The summed E-state index contributed by atoms with van der Waals surface area (Å²) in [5.41, 5.74) is 1.04. The van der Waals surface area contributed by atoms with Crippen molar-refractivity contribution in [2.24, 2.45) is 0 Å². The molecule has 0 radical (unpaired) electrons. The normalized spacial score (nSPS) is 10.4. The number of hydrogen-bond donors (Lipinski definition) is 0. The van der Waals surface area contributed by atoms with E-state index in [1.807, 2.05) is 6.92 Å². The van der Waals surface area contributed by atoms with Gasteiger partial charge >= 0.3 is 29.6 Å². The molecule has 0 aliphatic carbocycles. The minimum atomic E-state index is -4.30. The van der Waals surface area contributed by atoms with Gasteiger partial charge in [-0.05, 0) is 19.1 Å². The molecule has 0 N–H and O–H groups in total. The van der Waals surface area contributed by atoms with Crippen molar-refractivity contribution in [2.45, 2.75) is 6.92 Å². The summed E-state index contributed by atoms with van der Waals surface area (Å²) in [7, 11) is -4.30. The van der Waals surface area contributed by atoms with Gasteiger partial charge in [0.15, 0.2) is 5.94 Å². The Morgan fingerprint density at radius 2 is 1.79 bits per heavy atom. The van der Waals surface area contributed by atoms with Crippen molar-refractivity contribution in [1.82, 2.24) is 0 Å². The first-order valence-electron chi connectivity index (χ1n) is 3.60. The van der Waals surface area contributed by atoms with Crippen LogP contribution in [-0.4, -0.2) is 18.9 Å². The molecule has 0 saturated heterocycles. The molecule has 0 atom stereocenters. The van der Waals surface area contributed by atoms with Gasteiger partial charge < -0.3 is 9.29 Å². The molecule has 6 heteroatoms. The monoisotopic (exact) mass is 224 g/mol. The van der Waals surface area contributed by atoms with E-state index < -0.39 is 16.1 Å². The number of aryl methyl sites for hydroxylation is 1. The third-order valence-corrected chi connectivity index (χ3v) is 1.80. The molecule has 0 aromatic heterocycles. The summed E-state index contributed by atoms with van der Waals surface area (Å²) in [4.78, 5) is 0. The summed E-state index contributed by atoms with van der Waals surface area (Å²) in [5.74, 6) is -0.444. The third kappa shape index (κ3) is 5.62. The Labute approximate surface area is 105 Å². The second kappa shape index (κ2) is 5.72. The van der Waals surface area contributed by atoms with Crippen LogP contribution in [0, 0.1) is 6.92 Å². The Balaban J connectivity index is 0.00000169. The van der Waals surface area contributed by atoms with Crippen LogP contribution in [0.4, 0.5) is 0 Å². The second-order valence-corrected chi connectivity index (χ2v) is 3.98. The Kier molecular flexibility index (Phi) is 5.70. The number of rotatable bonds is 3. The molecule has 0 bridgehead atoms. The molecule has 4 nitrogen and oxygen atoms in total. The smallest absolute Gasteiger partial charge is 0.745 e. The van der Waals surface area contributed by atoms with E-state index in [9.17, 15) is 13.0 Å². The van der Waals surface area contributed by atoms with Gasteiger partial charge in [-0.25, -0.2) is 8.42 Å². The molecule has 0 heterocycles. The van der Waals surface area contributed by atoms with Crippen LogP contribution in [0.3, 0.4) is 0 Å². The summed E-state index contributed by atoms with van der Waals surface area (Å²) in [5, 5.41) is 0.